The van der Waals surface area contributed by atoms with Gasteiger partial charge in [0.15, 0.2) is 0 Å². The number of nitrogens with one attached hydrogen (secondary N) is 2. The van der Waals surface area contributed by atoms with E-state index in [1.165, 1.54) is 0 Å². The second kappa shape index (κ2) is 13.0. The number of hydrogen-bond donors (Lipinski definition) is 2. The summed E-state index contributed by atoms with van der Waals surface area (Å²) < 4.78 is 8.29. The molecule has 0 bridgehead atoms. The van der Waals surface area contributed by atoms with Crippen LogP contribution in [0.1, 0.15) is 0 Å². The Morgan fingerprint density at radius 2 is 1.19 bits per heavy atom. The Morgan fingerprint density at radius 1 is 0.521 bits per heavy atom. The van der Waals surface area contributed by atoms with Crippen molar-refractivity contribution >= 4 is 33.5 Å². The van der Waals surface area contributed by atoms with Crippen molar-refractivity contribution in [1.29, 1.82) is 0 Å². The Balaban J connectivity index is 1.19. The number of ether oxygens (including phenoxy) is 1. The first-order valence-electron chi connectivity index (χ1n) is 15.9. The molecule has 0 fully saturated rings. The van der Waals surface area contributed by atoms with Crippen molar-refractivity contribution in [2.45, 2.75) is 0 Å². The van der Waals surface area contributed by atoms with E-state index >= 15 is 0 Å². The molecule has 0 saturated heterocycles. The maximum atomic E-state index is 6.33. The van der Waals surface area contributed by atoms with Crippen LogP contribution in [0.3, 0.4) is 0 Å². The summed E-state index contributed by atoms with van der Waals surface area (Å²) in [5, 5.41) is 9.92. The lowest BCUT2D eigenvalue weighted by atomic mass is 9.95. The van der Waals surface area contributed by atoms with Gasteiger partial charge < -0.3 is 19.9 Å². The maximum absolute atomic E-state index is 6.33. The van der Waals surface area contributed by atoms with E-state index in [4.69, 9.17) is 4.74 Å². The molecule has 0 aliphatic carbocycles. The molecule has 5 heteroatoms. The van der Waals surface area contributed by atoms with E-state index in [2.05, 4.69) is 137 Å². The minimum atomic E-state index is 0.735. The van der Waals surface area contributed by atoms with Crippen LogP contribution >= 0.6 is 0 Å². The van der Waals surface area contributed by atoms with Crippen LogP contribution < -0.4 is 15.4 Å². The molecule has 0 spiro atoms. The Kier molecular flexibility index (Phi) is 7.83. The summed E-state index contributed by atoms with van der Waals surface area (Å²) in [5.74, 6) is 1.48. The highest BCUT2D eigenvalue weighted by molar-refractivity contribution is 6.05. The van der Waals surface area contributed by atoms with Crippen LogP contribution in [0.2, 0.25) is 0 Å². The zero-order valence-corrected chi connectivity index (χ0v) is 26.1. The minimum Gasteiger partial charge on any atom is -0.457 e. The lowest BCUT2D eigenvalue weighted by molar-refractivity contribution is 0.482. The van der Waals surface area contributed by atoms with E-state index in [0.29, 0.717) is 0 Å². The van der Waals surface area contributed by atoms with Gasteiger partial charge in [0.1, 0.15) is 11.5 Å². The van der Waals surface area contributed by atoms with Crippen molar-refractivity contribution in [1.82, 2.24) is 9.55 Å². The zero-order chi connectivity index (χ0) is 32.1. The summed E-state index contributed by atoms with van der Waals surface area (Å²) >= 11 is 0. The van der Waals surface area contributed by atoms with Crippen molar-refractivity contribution in [2.75, 3.05) is 10.6 Å². The Labute approximate surface area is 279 Å². The van der Waals surface area contributed by atoms with E-state index in [1.807, 2.05) is 53.2 Å². The Bertz CT molecular complexity index is 2260. The topological polar surface area (TPSA) is 51.1 Å². The smallest absolute Gasteiger partial charge is 0.129 e. The molecule has 230 valence electrons. The number of rotatable bonds is 9. The van der Waals surface area contributed by atoms with Gasteiger partial charge in [0, 0.05) is 46.7 Å². The largest absolute Gasteiger partial charge is 0.457 e. The predicted octanol–water partition coefficient (Wildman–Crippen LogP) is 11.6. The van der Waals surface area contributed by atoms with Crippen LogP contribution in [-0.2, 0) is 0 Å². The first kappa shape index (κ1) is 28.9. The van der Waals surface area contributed by atoms with Crippen molar-refractivity contribution < 1.29 is 4.74 Å². The standard InChI is InChI=1S/C43H32N4O/c1-3-12-31(13-4-1)38-22-11-23-39(32-14-5-2-6-15-32)42(38)46-43-40-21-8-7-16-33(40)24-25-41(43)45-34-17-9-19-36(28-34)48-37-20-10-18-35(29-37)47-27-26-44-30-47/h1-30,45-46H. The summed E-state index contributed by atoms with van der Waals surface area (Å²) in [6.07, 6.45) is 5.46. The molecule has 8 aromatic rings. The van der Waals surface area contributed by atoms with Gasteiger partial charge in [-0.2, -0.15) is 0 Å². The molecule has 0 amide bonds. The monoisotopic (exact) mass is 620 g/mol. The predicted molar refractivity (Wildman–Crippen MR) is 198 cm³/mol. The van der Waals surface area contributed by atoms with Gasteiger partial charge in [-0.1, -0.05) is 121 Å². The molecule has 0 aliphatic rings. The third kappa shape index (κ3) is 6.00. The average molecular weight is 621 g/mol. The molecular formula is C43H32N4O. The van der Waals surface area contributed by atoms with E-state index in [1.54, 1.807) is 12.5 Å². The number of aromatic nitrogens is 2. The molecule has 2 N–H and O–H groups in total. The fraction of sp³-hybridized carbons (Fsp3) is 0. The van der Waals surface area contributed by atoms with Crippen LogP contribution in [0.15, 0.2) is 183 Å². The van der Waals surface area contributed by atoms with Crippen molar-refractivity contribution in [3.63, 3.8) is 0 Å². The highest BCUT2D eigenvalue weighted by Crippen LogP contribution is 2.43. The number of fused-ring (bicyclic) bond motifs is 1. The molecule has 8 rings (SSSR count). The van der Waals surface area contributed by atoms with E-state index in [0.717, 1.165) is 73.0 Å². The first-order chi connectivity index (χ1) is 23.8. The van der Waals surface area contributed by atoms with Gasteiger partial charge in [0.2, 0.25) is 0 Å². The van der Waals surface area contributed by atoms with Crippen LogP contribution in [0.5, 0.6) is 11.5 Å². The average Bonchev–Trinajstić information content (AvgIpc) is 3.69. The molecule has 0 radical (unpaired) electrons. The highest BCUT2D eigenvalue weighted by atomic mass is 16.5. The third-order valence-electron chi connectivity index (χ3n) is 8.38. The molecule has 0 unspecified atom stereocenters. The molecule has 7 aromatic carbocycles. The van der Waals surface area contributed by atoms with E-state index in [9.17, 15) is 0 Å². The molecular weight excluding hydrogens is 589 g/mol. The maximum Gasteiger partial charge on any atom is 0.129 e. The Morgan fingerprint density at radius 3 is 1.92 bits per heavy atom. The van der Waals surface area contributed by atoms with Gasteiger partial charge in [-0.25, -0.2) is 4.98 Å². The van der Waals surface area contributed by atoms with Gasteiger partial charge in [0.05, 0.1) is 29.1 Å². The van der Waals surface area contributed by atoms with Crippen LogP contribution in [0.25, 0.3) is 38.7 Å². The number of imidazole rings is 1. The number of nitrogens with zero attached hydrogens (tertiary/aromatic N) is 2. The molecule has 0 atom stereocenters. The van der Waals surface area contributed by atoms with Gasteiger partial charge in [-0.05, 0) is 46.8 Å². The second-order valence-electron chi connectivity index (χ2n) is 11.5. The second-order valence-corrected chi connectivity index (χ2v) is 11.5. The van der Waals surface area contributed by atoms with E-state index < -0.39 is 0 Å². The normalized spacial score (nSPS) is 10.9. The fourth-order valence-electron chi connectivity index (χ4n) is 6.09. The quantitative estimate of drug-likeness (QED) is 0.169. The molecule has 1 aromatic heterocycles. The third-order valence-corrected chi connectivity index (χ3v) is 8.38. The lowest BCUT2D eigenvalue weighted by Gasteiger charge is -2.22. The fourth-order valence-corrected chi connectivity index (χ4v) is 6.09. The summed E-state index contributed by atoms with van der Waals surface area (Å²) in [5.41, 5.74) is 9.44. The zero-order valence-electron chi connectivity index (χ0n) is 26.1. The number of hydrogen-bond acceptors (Lipinski definition) is 4. The van der Waals surface area contributed by atoms with Crippen molar-refractivity contribution in [3.05, 3.63) is 183 Å². The summed E-state index contributed by atoms with van der Waals surface area (Å²) in [4.78, 5) is 4.16. The van der Waals surface area contributed by atoms with Gasteiger partial charge >= 0.3 is 0 Å². The Hall–Kier alpha value is -6.59. The number of para-hydroxylation sites is 1. The van der Waals surface area contributed by atoms with Crippen LogP contribution in [0.4, 0.5) is 22.7 Å². The van der Waals surface area contributed by atoms with Gasteiger partial charge in [-0.3, -0.25) is 0 Å². The summed E-state index contributed by atoms with van der Waals surface area (Å²) in [6.45, 7) is 0. The summed E-state index contributed by atoms with van der Waals surface area (Å²) in [7, 11) is 0. The van der Waals surface area contributed by atoms with Gasteiger partial charge in [-0.15, -0.1) is 0 Å². The summed E-state index contributed by atoms with van der Waals surface area (Å²) in [6, 6.07) is 56.4. The van der Waals surface area contributed by atoms with Gasteiger partial charge in [0.25, 0.3) is 0 Å². The van der Waals surface area contributed by atoms with Crippen molar-refractivity contribution in [2.24, 2.45) is 0 Å². The number of anilines is 4. The van der Waals surface area contributed by atoms with Crippen molar-refractivity contribution in [3.8, 4) is 39.4 Å². The molecule has 1 heterocycles. The minimum absolute atomic E-state index is 0.735. The molecule has 48 heavy (non-hydrogen) atoms. The SMILES string of the molecule is c1ccc(-c2cccc(-c3ccccc3)c2Nc2c(Nc3cccc(Oc4cccc(-n5ccnc5)c4)c3)ccc3ccccc23)cc1. The molecule has 0 saturated carbocycles. The number of benzene rings is 7. The highest BCUT2D eigenvalue weighted by Gasteiger charge is 2.16. The lowest BCUT2D eigenvalue weighted by Crippen LogP contribution is -2.02. The van der Waals surface area contributed by atoms with E-state index in [-0.39, 0.29) is 0 Å². The first-order valence-corrected chi connectivity index (χ1v) is 15.9. The molecule has 0 aliphatic heterocycles. The van der Waals surface area contributed by atoms with Crippen LogP contribution in [-0.4, -0.2) is 9.55 Å². The van der Waals surface area contributed by atoms with Crippen LogP contribution in [0, 0.1) is 0 Å². The molecule has 5 nitrogen and oxygen atoms in total.